The number of amides is 1. The first kappa shape index (κ1) is 23.4. The fraction of sp³-hybridized carbons (Fsp3) is 0.333. The van der Waals surface area contributed by atoms with Gasteiger partial charge in [0.2, 0.25) is 11.9 Å². The number of hydrogen-bond donors (Lipinski definition) is 1. The van der Waals surface area contributed by atoms with E-state index in [0.717, 1.165) is 11.6 Å². The third-order valence-corrected chi connectivity index (χ3v) is 9.37. The first-order valence-corrected chi connectivity index (χ1v) is 13.6. The Bertz CT molecular complexity index is 1040. The van der Waals surface area contributed by atoms with Crippen LogP contribution in [0.2, 0.25) is 19.1 Å². The fourth-order valence-electron chi connectivity index (χ4n) is 3.24. The minimum Gasteiger partial charge on any atom is -0.494 e. The van der Waals surface area contributed by atoms with E-state index in [9.17, 15) is 9.59 Å². The number of ether oxygens (including phenoxy) is 4. The average Bonchev–Trinajstić information content (AvgIpc) is 3.15. The summed E-state index contributed by atoms with van der Waals surface area (Å²) in [7, 11) is 1.40. The van der Waals surface area contributed by atoms with Crippen LogP contribution >= 0.6 is 0 Å². The lowest BCUT2D eigenvalue weighted by Crippen LogP contribution is -2.40. The predicted molar refractivity (Wildman–Crippen MR) is 126 cm³/mol. The maximum atomic E-state index is 12.8. The maximum absolute atomic E-state index is 12.8. The summed E-state index contributed by atoms with van der Waals surface area (Å²) in [5, 5.41) is 3.92. The van der Waals surface area contributed by atoms with Crippen LogP contribution in [-0.4, -0.2) is 40.1 Å². The summed E-state index contributed by atoms with van der Waals surface area (Å²) in [5.74, 6) is 0.285. The molecule has 0 aliphatic carbocycles. The Kier molecular flexibility index (Phi) is 6.93. The van der Waals surface area contributed by atoms with Crippen LogP contribution in [0.25, 0.3) is 0 Å². The molecule has 170 valence electrons. The Morgan fingerprint density at radius 2 is 1.75 bits per heavy atom. The van der Waals surface area contributed by atoms with Gasteiger partial charge in [-0.15, -0.1) is 0 Å². The van der Waals surface area contributed by atoms with Gasteiger partial charge in [0.25, 0.3) is 11.9 Å². The van der Waals surface area contributed by atoms with E-state index in [1.54, 1.807) is 18.2 Å². The summed E-state index contributed by atoms with van der Waals surface area (Å²) >= 11 is 0. The number of carbonyl (C=O) groups excluding carboxylic acids is 2. The summed E-state index contributed by atoms with van der Waals surface area (Å²) in [6.45, 7) is 8.70. The molecule has 1 atom stereocenters. The zero-order valence-electron chi connectivity index (χ0n) is 19.3. The fourth-order valence-corrected chi connectivity index (χ4v) is 4.71. The number of aryl methyl sites for hydroxylation is 1. The SMILES string of the molecule is CC[Si](C)(C)c1ccc(C)c(OC2=CC(=O)C(C(=O)Nc3c(OC)cccc3OC)O2)c1. The van der Waals surface area contributed by atoms with Crippen molar-refractivity contribution < 1.29 is 28.5 Å². The van der Waals surface area contributed by atoms with E-state index >= 15 is 0 Å². The first-order chi connectivity index (χ1) is 15.2. The van der Waals surface area contributed by atoms with Crippen molar-refractivity contribution in [2.24, 2.45) is 0 Å². The van der Waals surface area contributed by atoms with Crippen LogP contribution in [0.4, 0.5) is 5.69 Å². The van der Waals surface area contributed by atoms with Gasteiger partial charge in [-0.2, -0.15) is 0 Å². The molecule has 1 heterocycles. The second-order valence-corrected chi connectivity index (χ2v) is 13.3. The van der Waals surface area contributed by atoms with Gasteiger partial charge in [-0.25, -0.2) is 0 Å². The molecular formula is C24H29NO6Si. The van der Waals surface area contributed by atoms with Gasteiger partial charge in [-0.05, 0) is 30.7 Å². The van der Waals surface area contributed by atoms with Crippen molar-refractivity contribution in [3.8, 4) is 17.2 Å². The highest BCUT2D eigenvalue weighted by atomic mass is 28.3. The van der Waals surface area contributed by atoms with Crippen LogP contribution in [0.5, 0.6) is 17.2 Å². The Balaban J connectivity index is 1.75. The second-order valence-electron chi connectivity index (χ2n) is 8.21. The van der Waals surface area contributed by atoms with Gasteiger partial charge >= 0.3 is 0 Å². The molecule has 2 aromatic carbocycles. The molecule has 0 radical (unpaired) electrons. The summed E-state index contributed by atoms with van der Waals surface area (Å²) in [5.41, 5.74) is 1.24. The van der Waals surface area contributed by atoms with E-state index in [0.29, 0.717) is 22.9 Å². The summed E-state index contributed by atoms with van der Waals surface area (Å²) in [6, 6.07) is 12.3. The number of nitrogens with one attached hydrogen (secondary N) is 1. The number of benzene rings is 2. The van der Waals surface area contributed by atoms with Crippen molar-refractivity contribution >= 4 is 30.6 Å². The van der Waals surface area contributed by atoms with E-state index < -0.39 is 25.9 Å². The number of methoxy groups -OCH3 is 2. The molecule has 0 spiro atoms. The molecule has 8 heteroatoms. The minimum atomic E-state index is -1.56. The van der Waals surface area contributed by atoms with Gasteiger partial charge in [0.15, 0.2) is 0 Å². The predicted octanol–water partition coefficient (Wildman–Crippen LogP) is 3.77. The molecule has 0 bridgehead atoms. The smallest absolute Gasteiger partial charge is 0.289 e. The lowest BCUT2D eigenvalue weighted by Gasteiger charge is -2.22. The molecule has 1 amide bonds. The van der Waals surface area contributed by atoms with E-state index in [1.807, 2.05) is 19.1 Å². The number of rotatable bonds is 8. The summed E-state index contributed by atoms with van der Waals surface area (Å²) in [4.78, 5) is 25.3. The molecule has 1 unspecified atom stereocenters. The zero-order valence-corrected chi connectivity index (χ0v) is 20.3. The Hall–Kier alpha value is -3.26. The molecule has 0 fully saturated rings. The van der Waals surface area contributed by atoms with Gasteiger partial charge in [0, 0.05) is 0 Å². The molecule has 0 aromatic heterocycles. The highest BCUT2D eigenvalue weighted by Crippen LogP contribution is 2.34. The van der Waals surface area contributed by atoms with Crippen LogP contribution < -0.4 is 24.7 Å². The van der Waals surface area contributed by atoms with Crippen LogP contribution in [0.15, 0.2) is 48.4 Å². The molecule has 32 heavy (non-hydrogen) atoms. The third-order valence-electron chi connectivity index (χ3n) is 5.73. The van der Waals surface area contributed by atoms with Gasteiger partial charge in [-0.1, -0.05) is 49.4 Å². The number of hydrogen-bond acceptors (Lipinski definition) is 6. The zero-order chi connectivity index (χ0) is 23.5. The molecule has 1 aliphatic rings. The van der Waals surface area contributed by atoms with Gasteiger partial charge in [0.1, 0.15) is 22.9 Å². The highest BCUT2D eigenvalue weighted by molar-refractivity contribution is 6.89. The Morgan fingerprint density at radius 1 is 1.09 bits per heavy atom. The van der Waals surface area contributed by atoms with E-state index in [1.165, 1.54) is 25.5 Å². The third kappa shape index (κ3) is 4.80. The number of carbonyl (C=O) groups is 2. The molecule has 7 nitrogen and oxygen atoms in total. The van der Waals surface area contributed by atoms with Crippen molar-refractivity contribution in [2.45, 2.75) is 39.1 Å². The van der Waals surface area contributed by atoms with Crippen LogP contribution in [0.3, 0.4) is 0 Å². The molecular weight excluding hydrogens is 426 g/mol. The molecule has 1 aliphatic heterocycles. The summed E-state index contributed by atoms with van der Waals surface area (Å²) < 4.78 is 22.0. The molecule has 0 saturated carbocycles. The number of anilines is 1. The second kappa shape index (κ2) is 9.48. The highest BCUT2D eigenvalue weighted by Gasteiger charge is 2.36. The van der Waals surface area contributed by atoms with Crippen molar-refractivity contribution in [2.75, 3.05) is 19.5 Å². The first-order valence-electron chi connectivity index (χ1n) is 10.4. The van der Waals surface area contributed by atoms with Crippen molar-refractivity contribution in [1.29, 1.82) is 0 Å². The van der Waals surface area contributed by atoms with Crippen molar-refractivity contribution in [3.63, 3.8) is 0 Å². The van der Waals surface area contributed by atoms with E-state index in [4.69, 9.17) is 18.9 Å². The normalized spacial score (nSPS) is 15.6. The lowest BCUT2D eigenvalue weighted by molar-refractivity contribution is -0.134. The van der Waals surface area contributed by atoms with Crippen LogP contribution in [0.1, 0.15) is 12.5 Å². The van der Waals surface area contributed by atoms with Crippen molar-refractivity contribution in [1.82, 2.24) is 0 Å². The van der Waals surface area contributed by atoms with Crippen LogP contribution in [0, 0.1) is 6.92 Å². The Labute approximate surface area is 189 Å². The minimum absolute atomic E-state index is 0.00152. The molecule has 1 N–H and O–H groups in total. The average molecular weight is 456 g/mol. The molecule has 0 saturated heterocycles. The standard InChI is InChI=1S/C24H29NO6Si/c1-7-32(5,6)16-12-11-15(2)20(13-16)30-21-14-17(26)23(31-21)24(27)25-22-18(28-3)9-8-10-19(22)29-4/h8-14,23H,7H2,1-6H3,(H,25,27). The Morgan fingerprint density at radius 3 is 2.34 bits per heavy atom. The number of ketones is 1. The van der Waals surface area contributed by atoms with E-state index in [-0.39, 0.29) is 5.95 Å². The lowest BCUT2D eigenvalue weighted by atomic mass is 10.2. The van der Waals surface area contributed by atoms with E-state index in [2.05, 4.69) is 31.4 Å². The topological polar surface area (TPSA) is 83.1 Å². The maximum Gasteiger partial charge on any atom is 0.289 e. The van der Waals surface area contributed by atoms with Gasteiger partial charge in [-0.3, -0.25) is 9.59 Å². The largest absolute Gasteiger partial charge is 0.494 e. The molecule has 2 aromatic rings. The quantitative estimate of drug-likeness (QED) is 0.482. The molecule has 3 rings (SSSR count). The van der Waals surface area contributed by atoms with Crippen molar-refractivity contribution in [3.05, 3.63) is 54.0 Å². The number of para-hydroxylation sites is 1. The monoisotopic (exact) mass is 455 g/mol. The van der Waals surface area contributed by atoms with Crippen LogP contribution in [-0.2, 0) is 14.3 Å². The summed E-state index contributed by atoms with van der Waals surface area (Å²) in [6.07, 6.45) is -0.150. The van der Waals surface area contributed by atoms with Gasteiger partial charge < -0.3 is 24.3 Å². The van der Waals surface area contributed by atoms with Gasteiger partial charge in [0.05, 0.1) is 28.4 Å².